The maximum Gasteiger partial charge on any atom is 0.0832 e. The summed E-state index contributed by atoms with van der Waals surface area (Å²) in [5, 5.41) is 6.57. The van der Waals surface area contributed by atoms with Gasteiger partial charge in [-0.2, -0.15) is 5.10 Å². The van der Waals surface area contributed by atoms with Crippen molar-refractivity contribution in [2.45, 2.75) is 20.4 Å². The van der Waals surface area contributed by atoms with Crippen molar-refractivity contribution in [1.29, 1.82) is 0 Å². The van der Waals surface area contributed by atoms with Gasteiger partial charge in [-0.05, 0) is 44.2 Å². The van der Waals surface area contributed by atoms with E-state index in [1.54, 1.807) is 24.4 Å². The molecule has 0 bridgehead atoms. The van der Waals surface area contributed by atoms with Crippen molar-refractivity contribution in [2.75, 3.05) is 0 Å². The average molecular weight is 441 g/mol. The summed E-state index contributed by atoms with van der Waals surface area (Å²) < 4.78 is 2.06. The molecule has 7 heteroatoms. The zero-order valence-electron chi connectivity index (χ0n) is 14.7. The molecule has 0 unspecified atom stereocenters. The molecule has 0 amide bonds. The lowest BCUT2D eigenvalue weighted by Gasteiger charge is -2.12. The van der Waals surface area contributed by atoms with Crippen molar-refractivity contribution >= 4 is 52.6 Å². The highest BCUT2D eigenvalue weighted by Gasteiger charge is 2.13. The van der Waals surface area contributed by atoms with Crippen LogP contribution in [-0.4, -0.2) is 10.8 Å². The maximum atomic E-state index is 6.38. The van der Waals surface area contributed by atoms with E-state index in [9.17, 15) is 0 Å². The van der Waals surface area contributed by atoms with Gasteiger partial charge < -0.3 is 9.99 Å². The fourth-order valence-electron chi connectivity index (χ4n) is 2.90. The molecule has 0 saturated heterocycles. The monoisotopic (exact) mass is 439 g/mol. The van der Waals surface area contributed by atoms with Crippen LogP contribution < -0.4 is 5.43 Å². The summed E-state index contributed by atoms with van der Waals surface area (Å²) in [5.74, 6) is 0. The van der Waals surface area contributed by atoms with E-state index in [4.69, 9.17) is 46.4 Å². The highest BCUT2D eigenvalue weighted by Crippen LogP contribution is 2.31. The second kappa shape index (κ2) is 8.57. The zero-order valence-corrected chi connectivity index (χ0v) is 17.8. The standard InChI is InChI=1S/C20H17Cl4N3/c1-12-9-14(10-25-26-11-15-16(21)5-3-6-17(15)22)13(2)27(12)19-8-4-7-18(23)20(19)24/h3-10,26H,11H2,1-2H3/b25-10+. The maximum absolute atomic E-state index is 6.38. The topological polar surface area (TPSA) is 29.3 Å². The Hall–Kier alpha value is -1.65. The molecule has 0 radical (unpaired) electrons. The molecule has 0 saturated carbocycles. The zero-order chi connectivity index (χ0) is 19.6. The van der Waals surface area contributed by atoms with E-state index in [0.717, 1.165) is 28.2 Å². The number of nitrogens with zero attached hydrogens (tertiary/aromatic N) is 2. The predicted octanol–water partition coefficient (Wildman–Crippen LogP) is 6.83. The van der Waals surface area contributed by atoms with Crippen molar-refractivity contribution in [2.24, 2.45) is 5.10 Å². The molecule has 1 aromatic heterocycles. The van der Waals surface area contributed by atoms with Gasteiger partial charge >= 0.3 is 0 Å². The van der Waals surface area contributed by atoms with Crippen LogP contribution in [0.2, 0.25) is 20.1 Å². The molecular weight excluding hydrogens is 424 g/mol. The van der Waals surface area contributed by atoms with Gasteiger partial charge in [0.05, 0.1) is 28.5 Å². The number of hydrazone groups is 1. The van der Waals surface area contributed by atoms with Crippen molar-refractivity contribution in [3.05, 3.63) is 85.1 Å². The van der Waals surface area contributed by atoms with E-state index >= 15 is 0 Å². The molecule has 1 N–H and O–H groups in total. The van der Waals surface area contributed by atoms with Crippen molar-refractivity contribution in [1.82, 2.24) is 9.99 Å². The summed E-state index contributed by atoms with van der Waals surface area (Å²) in [7, 11) is 0. The van der Waals surface area contributed by atoms with Crippen molar-refractivity contribution in [3.8, 4) is 5.69 Å². The first kappa shape index (κ1) is 20.1. The molecule has 0 atom stereocenters. The SMILES string of the molecule is Cc1cc(/C=N/NCc2c(Cl)cccc2Cl)c(C)n1-c1cccc(Cl)c1Cl. The lowest BCUT2D eigenvalue weighted by atomic mass is 10.2. The molecule has 0 spiro atoms. The Morgan fingerprint density at radius 1 is 0.963 bits per heavy atom. The molecular formula is C20H17Cl4N3. The molecule has 3 aromatic rings. The first-order valence-corrected chi connectivity index (χ1v) is 9.73. The summed E-state index contributed by atoms with van der Waals surface area (Å²) in [5.41, 5.74) is 7.67. The summed E-state index contributed by atoms with van der Waals surface area (Å²) in [4.78, 5) is 0. The first-order valence-electron chi connectivity index (χ1n) is 8.22. The Labute approximate surface area is 178 Å². The average Bonchev–Trinajstić information content (AvgIpc) is 2.90. The highest BCUT2D eigenvalue weighted by molar-refractivity contribution is 6.43. The van der Waals surface area contributed by atoms with Crippen LogP contribution in [0.5, 0.6) is 0 Å². The number of aromatic nitrogens is 1. The predicted molar refractivity (Wildman–Crippen MR) is 116 cm³/mol. The molecule has 27 heavy (non-hydrogen) atoms. The van der Waals surface area contributed by atoms with E-state index in [0.29, 0.717) is 26.6 Å². The normalized spacial score (nSPS) is 11.3. The van der Waals surface area contributed by atoms with E-state index < -0.39 is 0 Å². The second-order valence-corrected chi connectivity index (χ2v) is 7.63. The summed E-state index contributed by atoms with van der Waals surface area (Å²) in [6.45, 7) is 4.46. The Morgan fingerprint density at radius 2 is 1.59 bits per heavy atom. The minimum Gasteiger partial charge on any atom is -0.316 e. The second-order valence-electron chi connectivity index (χ2n) is 6.03. The molecule has 2 aromatic carbocycles. The fraction of sp³-hybridized carbons (Fsp3) is 0.150. The number of nitrogens with one attached hydrogen (secondary N) is 1. The van der Waals surface area contributed by atoms with Crippen molar-refractivity contribution in [3.63, 3.8) is 0 Å². The Kier molecular flexibility index (Phi) is 6.38. The quantitative estimate of drug-likeness (QED) is 0.341. The molecule has 0 fully saturated rings. The van der Waals surface area contributed by atoms with Crippen LogP contribution in [0.25, 0.3) is 5.69 Å². The van der Waals surface area contributed by atoms with E-state index in [2.05, 4.69) is 15.1 Å². The number of hydrogen-bond donors (Lipinski definition) is 1. The van der Waals surface area contributed by atoms with E-state index in [1.165, 1.54) is 0 Å². The molecule has 0 aliphatic heterocycles. The Bertz CT molecular complexity index is 988. The van der Waals surface area contributed by atoms with Gasteiger partial charge in [0.15, 0.2) is 0 Å². The van der Waals surface area contributed by atoms with Gasteiger partial charge in [0.2, 0.25) is 0 Å². The Morgan fingerprint density at radius 3 is 2.30 bits per heavy atom. The number of rotatable bonds is 5. The largest absolute Gasteiger partial charge is 0.316 e. The van der Waals surface area contributed by atoms with Gasteiger partial charge in [-0.3, -0.25) is 0 Å². The minimum absolute atomic E-state index is 0.438. The third kappa shape index (κ3) is 4.27. The number of hydrogen-bond acceptors (Lipinski definition) is 2. The third-order valence-electron chi connectivity index (χ3n) is 4.25. The summed E-state index contributed by atoms with van der Waals surface area (Å²) >= 11 is 24.9. The summed E-state index contributed by atoms with van der Waals surface area (Å²) in [6, 6.07) is 13.0. The molecule has 3 nitrogen and oxygen atoms in total. The van der Waals surface area contributed by atoms with Gasteiger partial charge in [-0.1, -0.05) is 58.5 Å². The molecule has 0 aliphatic rings. The molecule has 3 rings (SSSR count). The number of halogens is 4. The lowest BCUT2D eigenvalue weighted by Crippen LogP contribution is -2.07. The number of aryl methyl sites for hydroxylation is 1. The van der Waals surface area contributed by atoms with Crippen LogP contribution in [0.4, 0.5) is 0 Å². The van der Waals surface area contributed by atoms with Crippen LogP contribution in [0.3, 0.4) is 0 Å². The van der Waals surface area contributed by atoms with Gasteiger partial charge in [-0.25, -0.2) is 0 Å². The highest BCUT2D eigenvalue weighted by atomic mass is 35.5. The fourth-order valence-corrected chi connectivity index (χ4v) is 3.81. The van der Waals surface area contributed by atoms with Gasteiger partial charge in [0.25, 0.3) is 0 Å². The number of benzene rings is 2. The van der Waals surface area contributed by atoms with Gasteiger partial charge in [0, 0.05) is 32.6 Å². The lowest BCUT2D eigenvalue weighted by molar-refractivity contribution is 0.748. The van der Waals surface area contributed by atoms with Crippen LogP contribution >= 0.6 is 46.4 Å². The van der Waals surface area contributed by atoms with Crippen LogP contribution in [0.15, 0.2) is 47.6 Å². The summed E-state index contributed by atoms with van der Waals surface area (Å²) in [6.07, 6.45) is 1.77. The molecule has 140 valence electrons. The molecule has 0 aliphatic carbocycles. The van der Waals surface area contributed by atoms with Crippen LogP contribution in [0, 0.1) is 13.8 Å². The van der Waals surface area contributed by atoms with E-state index in [-0.39, 0.29) is 0 Å². The smallest absolute Gasteiger partial charge is 0.0832 e. The van der Waals surface area contributed by atoms with Crippen LogP contribution in [-0.2, 0) is 6.54 Å². The third-order valence-corrected chi connectivity index (χ3v) is 5.77. The minimum atomic E-state index is 0.438. The van der Waals surface area contributed by atoms with Crippen molar-refractivity contribution < 1.29 is 0 Å². The van der Waals surface area contributed by atoms with Gasteiger partial charge in [-0.15, -0.1) is 0 Å². The van der Waals surface area contributed by atoms with E-state index in [1.807, 2.05) is 38.1 Å². The van der Waals surface area contributed by atoms with Crippen LogP contribution in [0.1, 0.15) is 22.5 Å². The Balaban J connectivity index is 1.81. The first-order chi connectivity index (χ1) is 12.9. The van der Waals surface area contributed by atoms with Gasteiger partial charge in [0.1, 0.15) is 0 Å². The molecule has 1 heterocycles.